The number of nitrogens with zero attached hydrogens (tertiary/aromatic N) is 3. The Morgan fingerprint density at radius 1 is 1.29 bits per heavy atom. The molecule has 1 N–H and O–H groups in total. The number of ether oxygens (including phenoxy) is 1. The smallest absolute Gasteiger partial charge is 0.415 e. The number of hydrogen-bond acceptors (Lipinski definition) is 6. The first-order chi connectivity index (χ1) is 13.4. The molecule has 1 aromatic heterocycles. The first kappa shape index (κ1) is 17.0. The summed E-state index contributed by atoms with van der Waals surface area (Å²) < 4.78 is 39.7. The molecule has 10 heteroatoms. The highest BCUT2D eigenvalue weighted by Gasteiger charge is 2.53. The minimum absolute atomic E-state index is 0.169. The third-order valence-corrected chi connectivity index (χ3v) is 5.55. The molecular weight excluding hydrogens is 374 g/mol. The van der Waals surface area contributed by atoms with Gasteiger partial charge < -0.3 is 19.5 Å². The minimum Gasteiger partial charge on any atom is -0.442 e. The van der Waals surface area contributed by atoms with Crippen molar-refractivity contribution in [3.05, 3.63) is 35.6 Å². The van der Waals surface area contributed by atoms with E-state index in [0.717, 1.165) is 0 Å². The summed E-state index contributed by atoms with van der Waals surface area (Å²) >= 11 is 0. The van der Waals surface area contributed by atoms with E-state index in [-0.39, 0.29) is 24.2 Å². The van der Waals surface area contributed by atoms with Gasteiger partial charge in [-0.25, -0.2) is 13.6 Å². The van der Waals surface area contributed by atoms with Crippen LogP contribution in [0.15, 0.2) is 29.0 Å². The molecule has 4 heterocycles. The second-order valence-corrected chi connectivity index (χ2v) is 7.12. The zero-order valence-corrected chi connectivity index (χ0v) is 14.8. The largest absolute Gasteiger partial charge is 0.442 e. The van der Waals surface area contributed by atoms with Gasteiger partial charge in [0.15, 0.2) is 5.82 Å². The van der Waals surface area contributed by atoms with Crippen LogP contribution in [0.3, 0.4) is 0 Å². The number of fused-ring (bicyclic) bond motifs is 5. The molecule has 2 aromatic rings. The molecule has 1 unspecified atom stereocenters. The van der Waals surface area contributed by atoms with Crippen LogP contribution in [0, 0.1) is 0 Å². The maximum Gasteiger partial charge on any atom is 0.415 e. The monoisotopic (exact) mass is 390 g/mol. The van der Waals surface area contributed by atoms with Gasteiger partial charge in [0.1, 0.15) is 12.4 Å². The van der Waals surface area contributed by atoms with Crippen LogP contribution in [0.4, 0.5) is 30.8 Å². The van der Waals surface area contributed by atoms with Crippen molar-refractivity contribution in [2.45, 2.75) is 30.9 Å². The Balaban J connectivity index is 1.50. The summed E-state index contributed by atoms with van der Waals surface area (Å²) in [6.07, 6.45) is -0.345. The fourth-order valence-electron chi connectivity index (χ4n) is 4.24. The fourth-order valence-corrected chi connectivity index (χ4v) is 4.24. The van der Waals surface area contributed by atoms with Crippen molar-refractivity contribution in [2.24, 2.45) is 0 Å². The average molecular weight is 390 g/mol. The molecule has 0 saturated carbocycles. The van der Waals surface area contributed by atoms with Crippen molar-refractivity contribution in [2.75, 3.05) is 28.7 Å². The second kappa shape index (κ2) is 5.66. The molecule has 3 aliphatic rings. The van der Waals surface area contributed by atoms with Crippen molar-refractivity contribution in [3.63, 3.8) is 0 Å². The highest BCUT2D eigenvalue weighted by atomic mass is 19.3. The number of amides is 2. The summed E-state index contributed by atoms with van der Waals surface area (Å²) in [4.78, 5) is 27.0. The predicted molar refractivity (Wildman–Crippen MR) is 93.6 cm³/mol. The number of benzene rings is 1. The van der Waals surface area contributed by atoms with Gasteiger partial charge in [-0.1, -0.05) is 5.16 Å². The molecule has 1 saturated heterocycles. The molecular formula is C18H16F2N4O4. The highest BCUT2D eigenvalue weighted by molar-refractivity contribution is 6.00. The maximum absolute atomic E-state index is 14.8. The van der Waals surface area contributed by atoms with Gasteiger partial charge in [-0.3, -0.25) is 9.69 Å². The lowest BCUT2D eigenvalue weighted by Crippen LogP contribution is -2.39. The normalized spacial score (nSPS) is 24.7. The Hall–Kier alpha value is -3.17. The fraction of sp³-hybridized carbons (Fsp3) is 0.389. The molecule has 28 heavy (non-hydrogen) atoms. The van der Waals surface area contributed by atoms with Crippen molar-refractivity contribution < 1.29 is 27.6 Å². The first-order valence-corrected chi connectivity index (χ1v) is 8.81. The number of hydrogen-bond donors (Lipinski definition) is 1. The molecule has 0 aliphatic carbocycles. The average Bonchev–Trinajstić information content (AvgIpc) is 3.34. The number of carbonyl (C=O) groups is 2. The first-order valence-electron chi connectivity index (χ1n) is 8.81. The third-order valence-electron chi connectivity index (χ3n) is 5.55. The van der Waals surface area contributed by atoms with Crippen molar-refractivity contribution >= 4 is 29.2 Å². The maximum atomic E-state index is 14.8. The summed E-state index contributed by atoms with van der Waals surface area (Å²) in [5.41, 5.74) is 0.833. The summed E-state index contributed by atoms with van der Waals surface area (Å²) in [6.45, 7) is 0.268. The number of halogens is 2. The van der Waals surface area contributed by atoms with Gasteiger partial charge >= 0.3 is 6.09 Å². The number of rotatable bonds is 3. The lowest BCUT2D eigenvalue weighted by Gasteiger charge is -2.33. The van der Waals surface area contributed by atoms with E-state index in [9.17, 15) is 18.4 Å². The van der Waals surface area contributed by atoms with E-state index in [1.165, 1.54) is 29.2 Å². The topological polar surface area (TPSA) is 87.9 Å². The number of nitrogens with one attached hydrogen (secondary N) is 1. The molecule has 3 aliphatic heterocycles. The van der Waals surface area contributed by atoms with Crippen LogP contribution >= 0.6 is 0 Å². The Labute approximate surface area is 158 Å². The zero-order valence-electron chi connectivity index (χ0n) is 14.8. The number of cyclic esters (lactones) is 1. The van der Waals surface area contributed by atoms with Crippen LogP contribution in [0.2, 0.25) is 0 Å². The second-order valence-electron chi connectivity index (χ2n) is 7.12. The van der Waals surface area contributed by atoms with Gasteiger partial charge in [0, 0.05) is 13.1 Å². The van der Waals surface area contributed by atoms with Gasteiger partial charge in [-0.05, 0) is 24.1 Å². The van der Waals surface area contributed by atoms with E-state index in [4.69, 9.17) is 9.26 Å². The van der Waals surface area contributed by atoms with Crippen LogP contribution in [-0.2, 0) is 21.9 Å². The quantitative estimate of drug-likeness (QED) is 0.867. The number of carbonyl (C=O) groups excluding carboxylic acids is 2. The van der Waals surface area contributed by atoms with Crippen molar-refractivity contribution in [1.29, 1.82) is 0 Å². The molecule has 2 atom stereocenters. The Kier molecular flexibility index (Phi) is 3.43. The molecule has 8 nitrogen and oxygen atoms in total. The molecule has 0 bridgehead atoms. The molecule has 2 amide bonds. The van der Waals surface area contributed by atoms with E-state index < -0.39 is 36.5 Å². The predicted octanol–water partition coefficient (Wildman–Crippen LogP) is 2.49. The van der Waals surface area contributed by atoms with E-state index in [1.54, 1.807) is 12.1 Å². The van der Waals surface area contributed by atoms with E-state index in [2.05, 4.69) is 10.5 Å². The van der Waals surface area contributed by atoms with E-state index >= 15 is 0 Å². The van der Waals surface area contributed by atoms with Crippen LogP contribution in [0.25, 0.3) is 0 Å². The van der Waals surface area contributed by atoms with Crippen LogP contribution in [-0.4, -0.2) is 42.9 Å². The SMILES string of the molecule is CN1C(=O)CC(F)(F)c2c1ccc1c2C[C@H]2C(CNc3ccon3)OC(=O)N12. The Bertz CT molecular complexity index is 978. The molecule has 0 spiro atoms. The third kappa shape index (κ3) is 2.30. The molecule has 146 valence electrons. The summed E-state index contributed by atoms with van der Waals surface area (Å²) in [5, 5.41) is 6.74. The van der Waals surface area contributed by atoms with Crippen molar-refractivity contribution in [3.8, 4) is 0 Å². The summed E-state index contributed by atoms with van der Waals surface area (Å²) in [5.74, 6) is -3.42. The van der Waals surface area contributed by atoms with Crippen molar-refractivity contribution in [1.82, 2.24) is 5.16 Å². The lowest BCUT2D eigenvalue weighted by atomic mass is 9.90. The van der Waals surface area contributed by atoms with Gasteiger partial charge in [-0.2, -0.15) is 0 Å². The van der Waals surface area contributed by atoms with Crippen LogP contribution in [0.5, 0.6) is 0 Å². The summed E-state index contributed by atoms with van der Waals surface area (Å²) in [7, 11) is 1.48. The van der Waals surface area contributed by atoms with Crippen LogP contribution in [0.1, 0.15) is 17.5 Å². The van der Waals surface area contributed by atoms with E-state index in [1.807, 2.05) is 0 Å². The van der Waals surface area contributed by atoms with Gasteiger partial charge in [0.05, 0.1) is 35.9 Å². The molecule has 0 radical (unpaired) electrons. The standard InChI is InChI=1S/C18H16F2N4O4/c1-23-11-3-2-10-9(16(11)18(19,20)7-15(23)25)6-12-13(28-17(26)24(10)12)8-21-14-4-5-27-22-14/h2-5,12-13H,6-8H2,1H3,(H,21,22)/t12-,13?/m0/s1. The van der Waals surface area contributed by atoms with E-state index in [0.29, 0.717) is 17.1 Å². The lowest BCUT2D eigenvalue weighted by molar-refractivity contribution is -0.127. The number of aromatic nitrogens is 1. The molecule has 5 rings (SSSR count). The summed E-state index contributed by atoms with van der Waals surface area (Å²) in [6, 6.07) is 4.29. The minimum atomic E-state index is -3.28. The van der Waals surface area contributed by atoms with Gasteiger partial charge in [0.25, 0.3) is 5.92 Å². The highest BCUT2D eigenvalue weighted by Crippen LogP contribution is 2.51. The van der Waals surface area contributed by atoms with Crippen LogP contribution < -0.4 is 15.1 Å². The van der Waals surface area contributed by atoms with Gasteiger partial charge in [-0.15, -0.1) is 0 Å². The zero-order chi connectivity index (χ0) is 19.6. The number of alkyl halides is 2. The molecule has 1 aromatic carbocycles. The van der Waals surface area contributed by atoms with Gasteiger partial charge in [0.2, 0.25) is 5.91 Å². The molecule has 1 fully saturated rings. The Morgan fingerprint density at radius 3 is 2.82 bits per heavy atom. The Morgan fingerprint density at radius 2 is 2.07 bits per heavy atom. The number of anilines is 3.